The first-order chi connectivity index (χ1) is 7.29. The van der Waals surface area contributed by atoms with Crippen molar-refractivity contribution in [3.8, 4) is 0 Å². The molecule has 1 aliphatic rings. The first-order valence-corrected chi connectivity index (χ1v) is 5.51. The highest BCUT2D eigenvalue weighted by Gasteiger charge is 2.20. The predicted molar refractivity (Wildman–Crippen MR) is 59.3 cm³/mol. The van der Waals surface area contributed by atoms with E-state index in [2.05, 4.69) is 21.8 Å². The zero-order valence-corrected chi connectivity index (χ0v) is 9.44. The normalized spacial score (nSPS) is 21.7. The zero-order chi connectivity index (χ0) is 10.7. The maximum absolute atomic E-state index is 5.80. The van der Waals surface area contributed by atoms with Gasteiger partial charge in [0.15, 0.2) is 0 Å². The lowest BCUT2D eigenvalue weighted by atomic mass is 10.2. The van der Waals surface area contributed by atoms with Crippen molar-refractivity contribution in [2.24, 2.45) is 0 Å². The van der Waals surface area contributed by atoms with Gasteiger partial charge < -0.3 is 9.64 Å². The van der Waals surface area contributed by atoms with E-state index in [1.54, 1.807) is 12.4 Å². The number of hydrogen-bond donors (Lipinski definition) is 0. The Kier molecular flexibility index (Phi) is 3.38. The van der Waals surface area contributed by atoms with Crippen LogP contribution in [0.2, 0.25) is 5.15 Å². The minimum absolute atomic E-state index is 0.291. The van der Waals surface area contributed by atoms with E-state index in [0.717, 1.165) is 31.9 Å². The van der Waals surface area contributed by atoms with Crippen LogP contribution < -0.4 is 4.90 Å². The van der Waals surface area contributed by atoms with Gasteiger partial charge in [-0.2, -0.15) is 0 Å². The number of halogens is 1. The average molecular weight is 228 g/mol. The third-order valence-electron chi connectivity index (χ3n) is 2.51. The first kappa shape index (κ1) is 10.6. The summed E-state index contributed by atoms with van der Waals surface area (Å²) < 4.78 is 5.59. The second kappa shape index (κ2) is 4.77. The first-order valence-electron chi connectivity index (χ1n) is 5.13. The van der Waals surface area contributed by atoms with E-state index in [4.69, 9.17) is 16.3 Å². The molecule has 2 heterocycles. The van der Waals surface area contributed by atoms with Crippen molar-refractivity contribution in [1.82, 2.24) is 9.97 Å². The molecule has 1 unspecified atom stereocenters. The molecule has 0 bridgehead atoms. The SMILES string of the molecule is CCC1CN(c2cncc(Cl)n2)CCO1. The van der Waals surface area contributed by atoms with Crippen molar-refractivity contribution in [3.63, 3.8) is 0 Å². The van der Waals surface area contributed by atoms with Gasteiger partial charge in [-0.25, -0.2) is 4.98 Å². The van der Waals surface area contributed by atoms with Crippen LogP contribution in [0.5, 0.6) is 0 Å². The maximum atomic E-state index is 5.80. The average Bonchev–Trinajstić information content (AvgIpc) is 2.29. The van der Waals surface area contributed by atoms with Crippen LogP contribution in [0.3, 0.4) is 0 Å². The van der Waals surface area contributed by atoms with Crippen LogP contribution in [-0.4, -0.2) is 35.8 Å². The fraction of sp³-hybridized carbons (Fsp3) is 0.600. The molecule has 1 saturated heterocycles. The van der Waals surface area contributed by atoms with Gasteiger partial charge in [-0.05, 0) is 6.42 Å². The minimum Gasteiger partial charge on any atom is -0.375 e. The number of aromatic nitrogens is 2. The zero-order valence-electron chi connectivity index (χ0n) is 8.69. The molecule has 1 aliphatic heterocycles. The molecule has 0 N–H and O–H groups in total. The summed E-state index contributed by atoms with van der Waals surface area (Å²) in [7, 11) is 0. The molecular weight excluding hydrogens is 214 g/mol. The minimum atomic E-state index is 0.291. The van der Waals surface area contributed by atoms with Gasteiger partial charge in [-0.1, -0.05) is 18.5 Å². The van der Waals surface area contributed by atoms with E-state index in [0.29, 0.717) is 11.3 Å². The van der Waals surface area contributed by atoms with Crippen LogP contribution >= 0.6 is 11.6 Å². The molecule has 1 fully saturated rings. The largest absolute Gasteiger partial charge is 0.375 e. The van der Waals surface area contributed by atoms with Gasteiger partial charge in [-0.3, -0.25) is 4.98 Å². The smallest absolute Gasteiger partial charge is 0.149 e. The summed E-state index contributed by atoms with van der Waals surface area (Å²) in [6, 6.07) is 0. The fourth-order valence-electron chi connectivity index (χ4n) is 1.66. The van der Waals surface area contributed by atoms with Gasteiger partial charge in [0, 0.05) is 13.1 Å². The van der Waals surface area contributed by atoms with Crippen LogP contribution in [0.1, 0.15) is 13.3 Å². The molecule has 0 radical (unpaired) electrons. The third-order valence-corrected chi connectivity index (χ3v) is 2.69. The van der Waals surface area contributed by atoms with Gasteiger partial charge in [-0.15, -0.1) is 0 Å². The van der Waals surface area contributed by atoms with Gasteiger partial charge in [0.05, 0.1) is 25.1 Å². The topological polar surface area (TPSA) is 38.2 Å². The summed E-state index contributed by atoms with van der Waals surface area (Å²) in [5, 5.41) is 0.437. The molecule has 1 atom stereocenters. The van der Waals surface area contributed by atoms with Crippen LogP contribution in [0, 0.1) is 0 Å². The lowest BCUT2D eigenvalue weighted by Crippen LogP contribution is -2.42. The molecule has 0 aromatic carbocycles. The highest BCUT2D eigenvalue weighted by Crippen LogP contribution is 2.17. The van der Waals surface area contributed by atoms with Crippen molar-refractivity contribution in [2.45, 2.75) is 19.4 Å². The molecular formula is C10H14ClN3O. The monoisotopic (exact) mass is 227 g/mol. The summed E-state index contributed by atoms with van der Waals surface area (Å²) in [5.41, 5.74) is 0. The second-order valence-corrected chi connectivity index (χ2v) is 3.93. The van der Waals surface area contributed by atoms with Crippen molar-refractivity contribution in [3.05, 3.63) is 17.5 Å². The van der Waals surface area contributed by atoms with Crippen LogP contribution in [0.15, 0.2) is 12.4 Å². The highest BCUT2D eigenvalue weighted by atomic mass is 35.5. The standard InChI is InChI=1S/C10H14ClN3O/c1-2-8-7-14(3-4-15-8)10-6-12-5-9(11)13-10/h5-6,8H,2-4,7H2,1H3. The Bertz CT molecular complexity index is 334. The van der Waals surface area contributed by atoms with Crippen LogP contribution in [0.25, 0.3) is 0 Å². The van der Waals surface area contributed by atoms with E-state index in [-0.39, 0.29) is 0 Å². The summed E-state index contributed by atoms with van der Waals surface area (Å²) in [6.45, 7) is 4.58. The Labute approximate surface area is 94.2 Å². The summed E-state index contributed by atoms with van der Waals surface area (Å²) in [4.78, 5) is 10.4. The number of rotatable bonds is 2. The van der Waals surface area contributed by atoms with Crippen molar-refractivity contribution in [2.75, 3.05) is 24.6 Å². The van der Waals surface area contributed by atoms with Crippen LogP contribution in [-0.2, 0) is 4.74 Å². The molecule has 0 spiro atoms. The summed E-state index contributed by atoms with van der Waals surface area (Å²) >= 11 is 5.80. The Balaban J connectivity index is 2.09. The lowest BCUT2D eigenvalue weighted by Gasteiger charge is -2.33. The molecule has 0 saturated carbocycles. The van der Waals surface area contributed by atoms with Crippen LogP contribution in [0.4, 0.5) is 5.82 Å². The molecule has 1 aromatic rings. The Hall–Kier alpha value is -0.870. The molecule has 15 heavy (non-hydrogen) atoms. The van der Waals surface area contributed by atoms with E-state index in [9.17, 15) is 0 Å². The van der Waals surface area contributed by atoms with Gasteiger partial charge in [0.1, 0.15) is 11.0 Å². The second-order valence-electron chi connectivity index (χ2n) is 3.55. The predicted octanol–water partition coefficient (Wildman–Crippen LogP) is 1.75. The maximum Gasteiger partial charge on any atom is 0.149 e. The number of morpholine rings is 1. The molecule has 2 rings (SSSR count). The Morgan fingerprint density at radius 2 is 2.47 bits per heavy atom. The number of hydrogen-bond acceptors (Lipinski definition) is 4. The molecule has 0 aliphatic carbocycles. The molecule has 0 amide bonds. The van der Waals surface area contributed by atoms with Crippen molar-refractivity contribution >= 4 is 17.4 Å². The van der Waals surface area contributed by atoms with E-state index in [1.807, 2.05) is 0 Å². The molecule has 5 heteroatoms. The summed E-state index contributed by atoms with van der Waals surface area (Å²) in [5.74, 6) is 0.837. The van der Waals surface area contributed by atoms with E-state index in [1.165, 1.54) is 0 Å². The van der Waals surface area contributed by atoms with Gasteiger partial charge in [0.2, 0.25) is 0 Å². The Morgan fingerprint density at radius 3 is 3.20 bits per heavy atom. The quantitative estimate of drug-likeness (QED) is 0.772. The van der Waals surface area contributed by atoms with Gasteiger partial charge in [0.25, 0.3) is 0 Å². The fourth-order valence-corrected chi connectivity index (χ4v) is 1.80. The highest BCUT2D eigenvalue weighted by molar-refractivity contribution is 6.29. The van der Waals surface area contributed by atoms with E-state index >= 15 is 0 Å². The third kappa shape index (κ3) is 2.58. The lowest BCUT2D eigenvalue weighted by molar-refractivity contribution is 0.0381. The van der Waals surface area contributed by atoms with E-state index < -0.39 is 0 Å². The summed E-state index contributed by atoms with van der Waals surface area (Å²) in [6.07, 6.45) is 4.59. The van der Waals surface area contributed by atoms with Gasteiger partial charge >= 0.3 is 0 Å². The number of anilines is 1. The molecule has 4 nitrogen and oxygen atoms in total. The number of nitrogens with zero attached hydrogens (tertiary/aromatic N) is 3. The van der Waals surface area contributed by atoms with Crippen molar-refractivity contribution < 1.29 is 4.74 Å². The van der Waals surface area contributed by atoms with Crippen molar-refractivity contribution in [1.29, 1.82) is 0 Å². The molecule has 82 valence electrons. The molecule has 1 aromatic heterocycles. The number of ether oxygens (including phenoxy) is 1. The Morgan fingerprint density at radius 1 is 1.60 bits per heavy atom.